The Kier molecular flexibility index (Phi) is 6.84. The first kappa shape index (κ1) is 20.4. The zero-order chi connectivity index (χ0) is 19.2. The maximum Gasteiger partial charge on any atom is 0.229 e. The Bertz CT molecular complexity index is 1060. The molecule has 1 aromatic heterocycles. The Morgan fingerprint density at radius 2 is 1.45 bits per heavy atom. The summed E-state index contributed by atoms with van der Waals surface area (Å²) in [5.74, 6) is 1.94. The Morgan fingerprint density at radius 3 is 2.21 bits per heavy atom. The fourth-order valence-corrected chi connectivity index (χ4v) is 2.81. The molecular formula is C22H21ClN4O2. The van der Waals surface area contributed by atoms with Crippen LogP contribution < -0.4 is 15.4 Å². The molecule has 0 atom stereocenters. The van der Waals surface area contributed by atoms with E-state index in [2.05, 4.69) is 20.6 Å². The molecule has 1 heterocycles. The van der Waals surface area contributed by atoms with Gasteiger partial charge in [0.15, 0.2) is 0 Å². The summed E-state index contributed by atoms with van der Waals surface area (Å²) in [4.78, 5) is 9.28. The quantitative estimate of drug-likeness (QED) is 0.403. The number of fused-ring (bicyclic) bond motifs is 1. The van der Waals surface area contributed by atoms with E-state index < -0.39 is 0 Å². The van der Waals surface area contributed by atoms with Gasteiger partial charge in [-0.1, -0.05) is 30.3 Å². The fourth-order valence-electron chi connectivity index (χ4n) is 2.81. The van der Waals surface area contributed by atoms with E-state index in [1.807, 2.05) is 78.9 Å². The van der Waals surface area contributed by atoms with Gasteiger partial charge in [0.25, 0.3) is 0 Å². The van der Waals surface area contributed by atoms with Crippen molar-refractivity contribution in [2.24, 2.45) is 0 Å². The first-order valence-corrected chi connectivity index (χ1v) is 9.01. The van der Waals surface area contributed by atoms with Gasteiger partial charge in [-0.15, -0.1) is 12.4 Å². The predicted octanol–water partition coefficient (Wildman–Crippen LogP) is 4.91. The molecule has 4 rings (SSSR count). The van der Waals surface area contributed by atoms with Gasteiger partial charge >= 0.3 is 0 Å². The average molecular weight is 409 g/mol. The monoisotopic (exact) mass is 408 g/mol. The van der Waals surface area contributed by atoms with E-state index in [1.165, 1.54) is 0 Å². The number of halogens is 1. The number of nitrogens with zero attached hydrogens (tertiary/aromatic N) is 2. The van der Waals surface area contributed by atoms with Gasteiger partial charge < -0.3 is 20.5 Å². The highest BCUT2D eigenvalue weighted by molar-refractivity contribution is 5.92. The second-order valence-electron chi connectivity index (χ2n) is 6.13. The number of anilines is 4. The van der Waals surface area contributed by atoms with Gasteiger partial charge in [-0.25, -0.2) is 4.98 Å². The van der Waals surface area contributed by atoms with Gasteiger partial charge in [0.2, 0.25) is 5.95 Å². The molecule has 4 aromatic rings. The number of rotatable bonds is 7. The van der Waals surface area contributed by atoms with Crippen LogP contribution in [0.25, 0.3) is 10.9 Å². The summed E-state index contributed by atoms with van der Waals surface area (Å²) in [5, 5.41) is 16.4. The molecule has 0 aliphatic heterocycles. The minimum Gasteiger partial charge on any atom is -0.491 e. The van der Waals surface area contributed by atoms with Gasteiger partial charge in [0.1, 0.15) is 18.2 Å². The number of ether oxygens (including phenoxy) is 1. The lowest BCUT2D eigenvalue weighted by atomic mass is 10.2. The molecule has 0 amide bonds. The van der Waals surface area contributed by atoms with Crippen LogP contribution >= 0.6 is 12.4 Å². The van der Waals surface area contributed by atoms with Crippen molar-refractivity contribution in [3.8, 4) is 5.75 Å². The molecule has 148 valence electrons. The minimum atomic E-state index is -0.0118. The Balaban J connectivity index is 0.00000240. The van der Waals surface area contributed by atoms with Gasteiger partial charge in [-0.05, 0) is 48.5 Å². The number of aromatic nitrogens is 2. The zero-order valence-corrected chi connectivity index (χ0v) is 16.4. The highest BCUT2D eigenvalue weighted by Gasteiger charge is 2.08. The Hall–Kier alpha value is -3.35. The highest BCUT2D eigenvalue weighted by atomic mass is 35.5. The standard InChI is InChI=1S/C22H20N4O2.ClH/c27-14-15-28-18-12-10-17(11-13-18)24-22-25-20-9-5-4-8-19(20)21(26-22)23-16-6-2-1-3-7-16;/h1-13,27H,14-15H2,(H2,23,24,25,26);1H. The molecule has 0 saturated heterocycles. The maximum absolute atomic E-state index is 8.84. The largest absolute Gasteiger partial charge is 0.491 e. The molecule has 0 unspecified atom stereocenters. The third kappa shape index (κ3) is 5.13. The van der Waals surface area contributed by atoms with Crippen LogP contribution in [0.15, 0.2) is 78.9 Å². The zero-order valence-electron chi connectivity index (χ0n) is 15.6. The SMILES string of the molecule is Cl.OCCOc1ccc(Nc2nc(Nc3ccccc3)c3ccccc3n2)cc1. The van der Waals surface area contributed by atoms with Crippen LogP contribution in [0.1, 0.15) is 0 Å². The number of benzene rings is 3. The molecule has 0 radical (unpaired) electrons. The van der Waals surface area contributed by atoms with E-state index in [1.54, 1.807) is 0 Å². The van der Waals surface area contributed by atoms with Crippen molar-refractivity contribution in [1.29, 1.82) is 0 Å². The molecule has 7 heteroatoms. The van der Waals surface area contributed by atoms with E-state index in [0.717, 1.165) is 28.1 Å². The summed E-state index contributed by atoms with van der Waals surface area (Å²) in [6.07, 6.45) is 0. The molecule has 0 bridgehead atoms. The van der Waals surface area contributed by atoms with Gasteiger partial charge in [-0.2, -0.15) is 4.98 Å². The van der Waals surface area contributed by atoms with Crippen molar-refractivity contribution >= 4 is 46.5 Å². The third-order valence-corrected chi connectivity index (χ3v) is 4.11. The van der Waals surface area contributed by atoms with Crippen LogP contribution in [-0.4, -0.2) is 28.3 Å². The lowest BCUT2D eigenvalue weighted by Crippen LogP contribution is -2.03. The molecule has 0 saturated carbocycles. The van der Waals surface area contributed by atoms with Crippen LogP contribution in [0.2, 0.25) is 0 Å². The first-order valence-electron chi connectivity index (χ1n) is 9.01. The molecule has 0 aliphatic rings. The van der Waals surface area contributed by atoms with E-state index in [-0.39, 0.29) is 25.6 Å². The van der Waals surface area contributed by atoms with E-state index in [9.17, 15) is 0 Å². The fraction of sp³-hybridized carbons (Fsp3) is 0.0909. The average Bonchev–Trinajstić information content (AvgIpc) is 2.74. The predicted molar refractivity (Wildman–Crippen MR) is 119 cm³/mol. The van der Waals surface area contributed by atoms with Crippen LogP contribution in [0.3, 0.4) is 0 Å². The van der Waals surface area contributed by atoms with Crippen LogP contribution in [0.4, 0.5) is 23.1 Å². The third-order valence-electron chi connectivity index (χ3n) is 4.11. The minimum absolute atomic E-state index is 0. The summed E-state index contributed by atoms with van der Waals surface area (Å²) in [7, 11) is 0. The lowest BCUT2D eigenvalue weighted by molar-refractivity contribution is 0.201. The number of hydrogen-bond donors (Lipinski definition) is 3. The smallest absolute Gasteiger partial charge is 0.229 e. The summed E-state index contributed by atoms with van der Waals surface area (Å²) >= 11 is 0. The van der Waals surface area contributed by atoms with E-state index in [0.29, 0.717) is 11.7 Å². The van der Waals surface area contributed by atoms with Crippen molar-refractivity contribution in [1.82, 2.24) is 9.97 Å². The molecule has 0 fully saturated rings. The van der Waals surface area contributed by atoms with E-state index >= 15 is 0 Å². The van der Waals surface area contributed by atoms with E-state index in [4.69, 9.17) is 9.84 Å². The van der Waals surface area contributed by atoms with Crippen molar-refractivity contribution in [3.63, 3.8) is 0 Å². The number of aliphatic hydroxyl groups excluding tert-OH is 1. The molecule has 3 aromatic carbocycles. The lowest BCUT2D eigenvalue weighted by Gasteiger charge is -2.12. The Labute approximate surface area is 175 Å². The Morgan fingerprint density at radius 1 is 0.759 bits per heavy atom. The van der Waals surface area contributed by atoms with Crippen LogP contribution in [-0.2, 0) is 0 Å². The summed E-state index contributed by atoms with van der Waals surface area (Å²) in [5.41, 5.74) is 2.65. The number of aliphatic hydroxyl groups is 1. The van der Waals surface area contributed by atoms with Crippen molar-refractivity contribution in [2.45, 2.75) is 0 Å². The number of hydrogen-bond acceptors (Lipinski definition) is 6. The normalized spacial score (nSPS) is 10.2. The summed E-state index contributed by atoms with van der Waals surface area (Å²) in [6, 6.07) is 25.3. The molecule has 6 nitrogen and oxygen atoms in total. The highest BCUT2D eigenvalue weighted by Crippen LogP contribution is 2.26. The molecule has 29 heavy (non-hydrogen) atoms. The molecule has 0 spiro atoms. The van der Waals surface area contributed by atoms with Gasteiger partial charge in [0, 0.05) is 16.8 Å². The second-order valence-corrected chi connectivity index (χ2v) is 6.13. The molecule has 3 N–H and O–H groups in total. The van der Waals surface area contributed by atoms with Gasteiger partial charge in [-0.3, -0.25) is 0 Å². The van der Waals surface area contributed by atoms with Crippen molar-refractivity contribution < 1.29 is 9.84 Å². The van der Waals surface area contributed by atoms with Crippen LogP contribution in [0.5, 0.6) is 5.75 Å². The maximum atomic E-state index is 8.84. The molecular weight excluding hydrogens is 388 g/mol. The second kappa shape index (κ2) is 9.73. The van der Waals surface area contributed by atoms with Crippen LogP contribution in [0, 0.1) is 0 Å². The number of nitrogens with one attached hydrogen (secondary N) is 2. The summed E-state index contributed by atoms with van der Waals surface area (Å²) < 4.78 is 5.38. The number of para-hydroxylation sites is 2. The first-order chi connectivity index (χ1) is 13.8. The van der Waals surface area contributed by atoms with Gasteiger partial charge in [0.05, 0.1) is 12.1 Å². The molecule has 0 aliphatic carbocycles. The summed E-state index contributed by atoms with van der Waals surface area (Å²) in [6.45, 7) is 0.261. The van der Waals surface area contributed by atoms with Crippen molar-refractivity contribution in [3.05, 3.63) is 78.9 Å². The topological polar surface area (TPSA) is 79.3 Å². The van der Waals surface area contributed by atoms with Crippen molar-refractivity contribution in [2.75, 3.05) is 23.8 Å².